The van der Waals surface area contributed by atoms with Gasteiger partial charge in [0, 0.05) is 31.6 Å². The van der Waals surface area contributed by atoms with E-state index in [4.69, 9.17) is 4.74 Å². The minimum Gasteiger partial charge on any atom is -0.387 e. The minimum absolute atomic E-state index is 0.00254. The number of carbonyl (C=O) groups is 1. The van der Waals surface area contributed by atoms with Gasteiger partial charge in [-0.3, -0.25) is 9.69 Å². The fourth-order valence-corrected chi connectivity index (χ4v) is 1.97. The van der Waals surface area contributed by atoms with Crippen molar-refractivity contribution in [2.45, 2.75) is 39.7 Å². The van der Waals surface area contributed by atoms with Crippen molar-refractivity contribution in [3.05, 3.63) is 0 Å². The average molecular weight is 272 g/mol. The van der Waals surface area contributed by atoms with E-state index in [0.29, 0.717) is 19.8 Å². The molecule has 0 aromatic carbocycles. The summed E-state index contributed by atoms with van der Waals surface area (Å²) < 4.78 is 5.28. The number of aliphatic hydroxyl groups is 1. The van der Waals surface area contributed by atoms with E-state index in [1.807, 2.05) is 20.8 Å². The maximum absolute atomic E-state index is 12.0. The van der Waals surface area contributed by atoms with Crippen LogP contribution in [0.3, 0.4) is 0 Å². The van der Waals surface area contributed by atoms with Crippen molar-refractivity contribution < 1.29 is 14.6 Å². The summed E-state index contributed by atoms with van der Waals surface area (Å²) in [5, 5.41) is 13.2. The summed E-state index contributed by atoms with van der Waals surface area (Å²) in [5.74, 6) is -0.00254. The zero-order valence-electron chi connectivity index (χ0n) is 12.7. The number of ether oxygens (including phenoxy) is 1. The van der Waals surface area contributed by atoms with Crippen LogP contribution in [0.5, 0.6) is 0 Å². The summed E-state index contributed by atoms with van der Waals surface area (Å²) in [4.78, 5) is 14.1. The zero-order chi connectivity index (χ0) is 14.5. The number of rotatable bonds is 6. The fourth-order valence-electron chi connectivity index (χ4n) is 1.97. The van der Waals surface area contributed by atoms with Gasteiger partial charge in [0.1, 0.15) is 0 Å². The second-order valence-electron chi connectivity index (χ2n) is 6.31. The maximum Gasteiger partial charge on any atom is 0.225 e. The number of nitrogens with one attached hydrogen (secondary N) is 1. The molecular weight excluding hydrogens is 244 g/mol. The van der Waals surface area contributed by atoms with Gasteiger partial charge in [-0.2, -0.15) is 0 Å². The Balaban J connectivity index is 2.39. The third kappa shape index (κ3) is 5.47. The summed E-state index contributed by atoms with van der Waals surface area (Å²) in [6.45, 7) is 11.5. The molecule has 0 aromatic heterocycles. The number of morpholine rings is 1. The van der Waals surface area contributed by atoms with E-state index >= 15 is 0 Å². The molecule has 0 saturated carbocycles. The van der Waals surface area contributed by atoms with E-state index in [2.05, 4.69) is 10.2 Å². The second kappa shape index (κ2) is 6.68. The number of β-amino-alcohol motifs (C(OH)–C–C–N with tert-alkyl or cyclic N) is 1. The lowest BCUT2D eigenvalue weighted by molar-refractivity contribution is -0.131. The molecule has 0 bridgehead atoms. The minimum atomic E-state index is -0.906. The van der Waals surface area contributed by atoms with E-state index in [1.54, 1.807) is 6.92 Å². The number of nitrogens with zero attached hydrogens (tertiary/aromatic N) is 1. The molecule has 5 heteroatoms. The van der Waals surface area contributed by atoms with Gasteiger partial charge in [0.15, 0.2) is 0 Å². The van der Waals surface area contributed by atoms with Gasteiger partial charge in [0.25, 0.3) is 0 Å². The fraction of sp³-hybridized carbons (Fsp3) is 0.929. The van der Waals surface area contributed by atoms with Gasteiger partial charge in [0.2, 0.25) is 5.91 Å². The Hall–Kier alpha value is -0.650. The molecule has 1 rings (SSSR count). The van der Waals surface area contributed by atoms with Crippen LogP contribution in [0.4, 0.5) is 0 Å². The first-order valence-corrected chi connectivity index (χ1v) is 7.08. The summed E-state index contributed by atoms with van der Waals surface area (Å²) in [5.41, 5.74) is -1.29. The van der Waals surface area contributed by atoms with Gasteiger partial charge in [-0.1, -0.05) is 20.8 Å². The molecule has 0 aromatic rings. The highest BCUT2D eigenvalue weighted by atomic mass is 16.5. The smallest absolute Gasteiger partial charge is 0.225 e. The quantitative estimate of drug-likeness (QED) is 0.744. The molecule has 5 nitrogen and oxygen atoms in total. The van der Waals surface area contributed by atoms with Gasteiger partial charge in [-0.25, -0.2) is 0 Å². The van der Waals surface area contributed by atoms with Gasteiger partial charge < -0.3 is 15.2 Å². The highest BCUT2D eigenvalue weighted by Gasteiger charge is 2.29. The van der Waals surface area contributed by atoms with Gasteiger partial charge >= 0.3 is 0 Å². The van der Waals surface area contributed by atoms with E-state index in [-0.39, 0.29) is 17.9 Å². The highest BCUT2D eigenvalue weighted by Crippen LogP contribution is 2.19. The third-order valence-corrected chi connectivity index (χ3v) is 3.80. The molecule has 1 amide bonds. The molecule has 0 spiro atoms. The Kier molecular flexibility index (Phi) is 5.77. The van der Waals surface area contributed by atoms with Crippen molar-refractivity contribution in [2.75, 3.05) is 39.4 Å². The van der Waals surface area contributed by atoms with E-state index in [9.17, 15) is 9.90 Å². The van der Waals surface area contributed by atoms with Crippen molar-refractivity contribution in [3.8, 4) is 0 Å². The summed E-state index contributed by atoms with van der Waals surface area (Å²) in [7, 11) is 0. The Labute approximate surface area is 116 Å². The van der Waals surface area contributed by atoms with Crippen LogP contribution >= 0.6 is 0 Å². The third-order valence-electron chi connectivity index (χ3n) is 3.80. The van der Waals surface area contributed by atoms with Gasteiger partial charge in [-0.15, -0.1) is 0 Å². The van der Waals surface area contributed by atoms with E-state index < -0.39 is 5.60 Å². The number of amides is 1. The topological polar surface area (TPSA) is 61.8 Å². The summed E-state index contributed by atoms with van der Waals surface area (Å²) >= 11 is 0. The van der Waals surface area contributed by atoms with E-state index in [0.717, 1.165) is 19.5 Å². The molecule has 1 aliphatic rings. The van der Waals surface area contributed by atoms with E-state index in [1.165, 1.54) is 0 Å². The first-order valence-electron chi connectivity index (χ1n) is 7.08. The Bertz CT molecular complexity index is 297. The van der Waals surface area contributed by atoms with Crippen LogP contribution in [0.25, 0.3) is 0 Å². The molecule has 0 aliphatic carbocycles. The molecule has 1 aliphatic heterocycles. The largest absolute Gasteiger partial charge is 0.387 e. The lowest BCUT2D eigenvalue weighted by atomic mass is 9.89. The molecule has 112 valence electrons. The number of hydrogen-bond acceptors (Lipinski definition) is 4. The predicted molar refractivity (Wildman–Crippen MR) is 75.0 cm³/mol. The average Bonchev–Trinajstić information content (AvgIpc) is 2.36. The van der Waals surface area contributed by atoms with Crippen molar-refractivity contribution in [1.29, 1.82) is 0 Å². The predicted octanol–water partition coefficient (Wildman–Crippen LogP) is 0.622. The first kappa shape index (κ1) is 16.4. The molecule has 1 heterocycles. The molecule has 1 atom stereocenters. The zero-order valence-corrected chi connectivity index (χ0v) is 12.7. The SMILES string of the molecule is CCC(C)(C)C(=O)NCC(C)(O)CN1CCOCC1. The lowest BCUT2D eigenvalue weighted by Crippen LogP contribution is -2.52. The molecule has 19 heavy (non-hydrogen) atoms. The Morgan fingerprint density at radius 1 is 1.32 bits per heavy atom. The van der Waals surface area contributed by atoms with Crippen LogP contribution in [0.1, 0.15) is 34.1 Å². The Morgan fingerprint density at radius 2 is 1.89 bits per heavy atom. The van der Waals surface area contributed by atoms with Gasteiger partial charge in [-0.05, 0) is 13.3 Å². The highest BCUT2D eigenvalue weighted by molar-refractivity contribution is 5.81. The van der Waals surface area contributed by atoms with Crippen molar-refractivity contribution in [2.24, 2.45) is 5.41 Å². The van der Waals surface area contributed by atoms with Crippen LogP contribution in [0.15, 0.2) is 0 Å². The number of carbonyl (C=O) groups excluding carboxylic acids is 1. The molecule has 1 saturated heterocycles. The second-order valence-corrected chi connectivity index (χ2v) is 6.31. The molecule has 1 unspecified atom stereocenters. The van der Waals surface area contributed by atoms with Gasteiger partial charge in [0.05, 0.1) is 18.8 Å². The molecule has 2 N–H and O–H groups in total. The molecule has 1 fully saturated rings. The summed E-state index contributed by atoms with van der Waals surface area (Å²) in [6.07, 6.45) is 0.782. The van der Waals surface area contributed by atoms with Crippen LogP contribution < -0.4 is 5.32 Å². The van der Waals surface area contributed by atoms with Crippen LogP contribution in [-0.2, 0) is 9.53 Å². The van der Waals surface area contributed by atoms with Crippen LogP contribution in [-0.4, -0.2) is 60.9 Å². The van der Waals surface area contributed by atoms with Crippen LogP contribution in [0.2, 0.25) is 0 Å². The van der Waals surface area contributed by atoms with Crippen LogP contribution in [0, 0.1) is 5.41 Å². The molecule has 0 radical (unpaired) electrons. The molecular formula is C14H28N2O3. The standard InChI is InChI=1S/C14H28N2O3/c1-5-13(2,3)12(17)15-10-14(4,18)11-16-6-8-19-9-7-16/h18H,5-11H2,1-4H3,(H,15,17). The maximum atomic E-state index is 12.0. The van der Waals surface area contributed by atoms with Crippen molar-refractivity contribution in [1.82, 2.24) is 10.2 Å². The summed E-state index contributed by atoms with van der Waals surface area (Å²) in [6, 6.07) is 0. The van der Waals surface area contributed by atoms with Crippen molar-refractivity contribution in [3.63, 3.8) is 0 Å². The Morgan fingerprint density at radius 3 is 2.42 bits per heavy atom. The lowest BCUT2D eigenvalue weighted by Gasteiger charge is -2.34. The first-order chi connectivity index (χ1) is 8.77. The van der Waals surface area contributed by atoms with Crippen molar-refractivity contribution >= 4 is 5.91 Å². The normalized spacial score (nSPS) is 20.9. The number of hydrogen-bond donors (Lipinski definition) is 2. The monoisotopic (exact) mass is 272 g/mol.